The molecule has 0 fully saturated rings. The molecule has 5 heteroatoms. The van der Waals surface area contributed by atoms with Crippen molar-refractivity contribution in [2.24, 2.45) is 0 Å². The second-order valence-corrected chi connectivity index (χ2v) is 7.13. The van der Waals surface area contributed by atoms with Crippen LogP contribution in [0.25, 0.3) is 0 Å². The van der Waals surface area contributed by atoms with E-state index in [1.165, 1.54) is 6.42 Å². The van der Waals surface area contributed by atoms with Crippen molar-refractivity contribution in [3.8, 4) is 0 Å². The molecule has 4 nitrogen and oxygen atoms in total. The van der Waals surface area contributed by atoms with Crippen molar-refractivity contribution in [1.82, 2.24) is 19.5 Å². The Morgan fingerprint density at radius 3 is 1.93 bits per heavy atom. The quantitative estimate of drug-likeness (QED) is 0.536. The molecule has 0 saturated carbocycles. The van der Waals surface area contributed by atoms with E-state index in [-0.39, 0.29) is 0 Å². The third-order valence-corrected chi connectivity index (χ3v) is 6.98. The third-order valence-electron chi connectivity index (χ3n) is 3.05. The molecule has 0 aromatic rings. The van der Waals surface area contributed by atoms with Gasteiger partial charge in [0.25, 0.3) is 0 Å². The number of rotatable bonds is 8. The van der Waals surface area contributed by atoms with Gasteiger partial charge in [-0.15, -0.1) is 0 Å². The van der Waals surface area contributed by atoms with Crippen LogP contribution in [-0.4, -0.2) is 46.5 Å². The lowest BCUT2D eigenvalue weighted by Crippen LogP contribution is -2.81. The summed E-state index contributed by atoms with van der Waals surface area (Å²) < 4.78 is 2.54. The minimum Gasteiger partial charge on any atom is -0.303 e. The summed E-state index contributed by atoms with van der Waals surface area (Å²) in [7, 11) is 2.20. The lowest BCUT2D eigenvalue weighted by atomic mass is 10.3. The Bertz CT molecular complexity index is 162. The number of hydrogen-bond acceptors (Lipinski definition) is 4. The van der Waals surface area contributed by atoms with E-state index in [9.17, 15) is 0 Å². The van der Waals surface area contributed by atoms with Crippen LogP contribution in [0.15, 0.2) is 0 Å². The summed E-state index contributed by atoms with van der Waals surface area (Å²) in [5, 5.41) is 0. The molecule has 3 N–H and O–H groups in total. The van der Waals surface area contributed by atoms with E-state index in [2.05, 4.69) is 47.2 Å². The van der Waals surface area contributed by atoms with Gasteiger partial charge in [-0.1, -0.05) is 27.7 Å². The zero-order chi connectivity index (χ0) is 11.9. The fraction of sp³-hybridized carbons (Fsp3) is 1.00. The van der Waals surface area contributed by atoms with E-state index < -0.39 is 8.72 Å². The summed E-state index contributed by atoms with van der Waals surface area (Å²) in [6.07, 6.45) is 1.18. The maximum absolute atomic E-state index is 3.60. The first-order valence-electron chi connectivity index (χ1n) is 6.01. The van der Waals surface area contributed by atoms with Gasteiger partial charge in [0.1, 0.15) is 0 Å². The van der Waals surface area contributed by atoms with Crippen LogP contribution in [0.4, 0.5) is 0 Å². The van der Waals surface area contributed by atoms with Crippen LogP contribution < -0.4 is 14.9 Å². The number of nitrogens with zero attached hydrogens (tertiary/aromatic N) is 1. The van der Waals surface area contributed by atoms with E-state index in [0.29, 0.717) is 6.04 Å². The minimum atomic E-state index is -1.87. The first-order chi connectivity index (χ1) is 7.11. The SMILES string of the molecule is CCN[Si](NC)(NC)N(CC)C(C)CC. The first-order valence-corrected chi connectivity index (χ1v) is 7.96. The molecule has 0 aliphatic heterocycles. The summed E-state index contributed by atoms with van der Waals surface area (Å²) in [5.74, 6) is 0. The van der Waals surface area contributed by atoms with Crippen molar-refractivity contribution in [3.63, 3.8) is 0 Å². The molecule has 0 saturated heterocycles. The molecule has 0 radical (unpaired) electrons. The predicted molar refractivity (Wildman–Crippen MR) is 69.7 cm³/mol. The van der Waals surface area contributed by atoms with Crippen LogP contribution in [0.1, 0.15) is 34.1 Å². The van der Waals surface area contributed by atoms with Gasteiger partial charge in [-0.25, -0.2) is 0 Å². The van der Waals surface area contributed by atoms with Gasteiger partial charge < -0.3 is 14.9 Å². The minimum absolute atomic E-state index is 0.598. The Balaban J connectivity index is 4.81. The van der Waals surface area contributed by atoms with E-state index in [1.807, 2.05) is 14.1 Å². The highest BCUT2D eigenvalue weighted by Crippen LogP contribution is 2.08. The van der Waals surface area contributed by atoms with Gasteiger partial charge in [0.15, 0.2) is 0 Å². The molecule has 15 heavy (non-hydrogen) atoms. The van der Waals surface area contributed by atoms with E-state index >= 15 is 0 Å². The Hall–Kier alpha value is 0.0569. The van der Waals surface area contributed by atoms with Gasteiger partial charge in [0, 0.05) is 6.04 Å². The average molecular weight is 232 g/mol. The van der Waals surface area contributed by atoms with Crippen LogP contribution in [0.2, 0.25) is 0 Å². The smallest absolute Gasteiger partial charge is 0.303 e. The molecule has 1 atom stereocenters. The zero-order valence-corrected chi connectivity index (χ0v) is 12.1. The van der Waals surface area contributed by atoms with Crippen molar-refractivity contribution in [2.75, 3.05) is 27.2 Å². The molecule has 0 aliphatic carbocycles. The van der Waals surface area contributed by atoms with Crippen LogP contribution in [-0.2, 0) is 0 Å². The first kappa shape index (κ1) is 15.1. The molecule has 0 rings (SSSR count). The van der Waals surface area contributed by atoms with Crippen molar-refractivity contribution in [3.05, 3.63) is 0 Å². The molecule has 0 amide bonds. The molecule has 0 aromatic heterocycles. The van der Waals surface area contributed by atoms with Crippen molar-refractivity contribution >= 4 is 8.72 Å². The molecule has 0 spiro atoms. The maximum atomic E-state index is 3.60. The number of nitrogens with one attached hydrogen (secondary N) is 3. The summed E-state index contributed by atoms with van der Waals surface area (Å²) in [6, 6.07) is 0.598. The highest BCUT2D eigenvalue weighted by Gasteiger charge is 2.39. The lowest BCUT2D eigenvalue weighted by molar-refractivity contribution is 0.314. The van der Waals surface area contributed by atoms with Crippen LogP contribution >= 0.6 is 0 Å². The highest BCUT2D eigenvalue weighted by atomic mass is 28.4. The Kier molecular flexibility index (Phi) is 7.38. The fourth-order valence-electron chi connectivity index (χ4n) is 2.05. The maximum Gasteiger partial charge on any atom is 0.368 e. The average Bonchev–Trinajstić information content (AvgIpc) is 2.28. The molecule has 0 bridgehead atoms. The summed E-state index contributed by atoms with van der Waals surface area (Å²) in [6.45, 7) is 11.0. The summed E-state index contributed by atoms with van der Waals surface area (Å²) >= 11 is 0. The second kappa shape index (κ2) is 7.35. The molecular formula is C10H28N4Si. The van der Waals surface area contributed by atoms with E-state index in [4.69, 9.17) is 0 Å². The van der Waals surface area contributed by atoms with Crippen molar-refractivity contribution < 1.29 is 0 Å². The van der Waals surface area contributed by atoms with Gasteiger partial charge in [0.05, 0.1) is 0 Å². The van der Waals surface area contributed by atoms with Gasteiger partial charge in [-0.3, -0.25) is 4.57 Å². The zero-order valence-electron chi connectivity index (χ0n) is 11.1. The van der Waals surface area contributed by atoms with E-state index in [1.54, 1.807) is 0 Å². The summed E-state index contributed by atoms with van der Waals surface area (Å²) in [5.41, 5.74) is 0. The van der Waals surface area contributed by atoms with Crippen LogP contribution in [0, 0.1) is 0 Å². The largest absolute Gasteiger partial charge is 0.368 e. The van der Waals surface area contributed by atoms with E-state index in [0.717, 1.165) is 13.1 Å². The standard InChI is InChI=1S/C10H28N4Si/c1-7-10(4)14(9-3)15(11-5,12-6)13-8-2/h10-13H,7-9H2,1-6H3. The van der Waals surface area contributed by atoms with Crippen LogP contribution in [0.3, 0.4) is 0 Å². The van der Waals surface area contributed by atoms with Crippen LogP contribution in [0.5, 0.6) is 0 Å². The molecule has 92 valence electrons. The Morgan fingerprint density at radius 2 is 1.67 bits per heavy atom. The topological polar surface area (TPSA) is 39.3 Å². The fourth-order valence-corrected chi connectivity index (χ4v) is 5.26. The molecule has 0 aromatic carbocycles. The third kappa shape index (κ3) is 3.53. The number of hydrogen-bond donors (Lipinski definition) is 3. The molecular weight excluding hydrogens is 204 g/mol. The van der Waals surface area contributed by atoms with Gasteiger partial charge in [-0.2, -0.15) is 0 Å². The lowest BCUT2D eigenvalue weighted by Gasteiger charge is -2.43. The highest BCUT2D eigenvalue weighted by molar-refractivity contribution is 6.69. The molecule has 0 heterocycles. The Labute approximate surface area is 96.1 Å². The monoisotopic (exact) mass is 232 g/mol. The summed E-state index contributed by atoms with van der Waals surface area (Å²) in [4.78, 5) is 10.6. The second-order valence-electron chi connectivity index (χ2n) is 3.78. The van der Waals surface area contributed by atoms with Gasteiger partial charge in [-0.05, 0) is 33.6 Å². The predicted octanol–water partition coefficient (Wildman–Crippen LogP) is 0.591. The van der Waals surface area contributed by atoms with Gasteiger partial charge >= 0.3 is 8.72 Å². The van der Waals surface area contributed by atoms with Crippen molar-refractivity contribution in [2.45, 2.75) is 40.2 Å². The van der Waals surface area contributed by atoms with Gasteiger partial charge in [0.2, 0.25) is 0 Å². The van der Waals surface area contributed by atoms with Crippen molar-refractivity contribution in [1.29, 1.82) is 0 Å². The Morgan fingerprint density at radius 1 is 1.13 bits per heavy atom. The molecule has 0 aliphatic rings. The molecule has 1 unspecified atom stereocenters. The normalized spacial score (nSPS) is 14.6.